The molecule has 0 radical (unpaired) electrons. The number of rotatable bonds is 4. The normalized spacial score (nSPS) is 20.2. The average molecular weight is 441 g/mol. The molecule has 0 saturated carbocycles. The zero-order valence-corrected chi connectivity index (χ0v) is 18.6. The SMILES string of the molecule is Cc1cccc(CNC(=O)C2N=C3C(N(C)C(=O)C(=O)N(C)C)CCCN3C(=O)C2=O)c1. The van der Waals surface area contributed by atoms with Gasteiger partial charge in [-0.15, -0.1) is 0 Å². The predicted molar refractivity (Wildman–Crippen MR) is 115 cm³/mol. The number of fused-ring (bicyclic) bond motifs is 1. The van der Waals surface area contributed by atoms with Gasteiger partial charge in [-0.3, -0.25) is 28.9 Å². The van der Waals surface area contributed by atoms with Crippen molar-refractivity contribution in [3.63, 3.8) is 0 Å². The quantitative estimate of drug-likeness (QED) is 0.499. The second kappa shape index (κ2) is 9.29. The molecular formula is C22H27N5O5. The molecule has 4 amide bonds. The van der Waals surface area contributed by atoms with Gasteiger partial charge in [0, 0.05) is 34.2 Å². The van der Waals surface area contributed by atoms with E-state index in [9.17, 15) is 24.0 Å². The lowest BCUT2D eigenvalue weighted by Gasteiger charge is -2.40. The van der Waals surface area contributed by atoms with Gasteiger partial charge in [0.15, 0.2) is 6.04 Å². The second-order valence-corrected chi connectivity index (χ2v) is 8.19. The summed E-state index contributed by atoms with van der Waals surface area (Å²) < 4.78 is 0. The lowest BCUT2D eigenvalue weighted by Crippen LogP contribution is -2.62. The van der Waals surface area contributed by atoms with Crippen LogP contribution in [0.4, 0.5) is 0 Å². The molecule has 2 heterocycles. The Hall–Kier alpha value is -3.56. The van der Waals surface area contributed by atoms with Crippen LogP contribution in [0.5, 0.6) is 0 Å². The van der Waals surface area contributed by atoms with Gasteiger partial charge < -0.3 is 15.1 Å². The van der Waals surface area contributed by atoms with Gasteiger partial charge in [0.25, 0.3) is 17.6 Å². The fraction of sp³-hybridized carbons (Fsp3) is 0.455. The van der Waals surface area contributed by atoms with Crippen LogP contribution >= 0.6 is 0 Å². The second-order valence-electron chi connectivity index (χ2n) is 8.19. The molecule has 32 heavy (non-hydrogen) atoms. The van der Waals surface area contributed by atoms with Crippen LogP contribution in [-0.2, 0) is 30.5 Å². The van der Waals surface area contributed by atoms with E-state index < -0.39 is 41.5 Å². The summed E-state index contributed by atoms with van der Waals surface area (Å²) in [5.41, 5.74) is 1.88. The molecule has 2 aliphatic heterocycles. The number of nitrogens with zero attached hydrogens (tertiary/aromatic N) is 4. The van der Waals surface area contributed by atoms with Gasteiger partial charge in [-0.2, -0.15) is 0 Å². The fourth-order valence-corrected chi connectivity index (χ4v) is 3.80. The van der Waals surface area contributed by atoms with Gasteiger partial charge in [0.05, 0.1) is 6.04 Å². The largest absolute Gasteiger partial charge is 0.350 e. The maximum absolute atomic E-state index is 12.7. The topological polar surface area (TPSA) is 119 Å². The van der Waals surface area contributed by atoms with E-state index in [1.807, 2.05) is 31.2 Å². The van der Waals surface area contributed by atoms with Crippen LogP contribution in [0.3, 0.4) is 0 Å². The number of piperidine rings is 1. The number of aliphatic imine (C=N–C) groups is 1. The lowest BCUT2D eigenvalue weighted by molar-refractivity contribution is -0.151. The minimum absolute atomic E-state index is 0.166. The molecule has 2 unspecified atom stereocenters. The summed E-state index contributed by atoms with van der Waals surface area (Å²) in [5, 5.41) is 2.66. The monoisotopic (exact) mass is 441 g/mol. The molecule has 1 N–H and O–H groups in total. The van der Waals surface area contributed by atoms with Gasteiger partial charge in [-0.1, -0.05) is 29.8 Å². The molecule has 170 valence electrons. The Balaban J connectivity index is 1.83. The number of hydrogen-bond donors (Lipinski definition) is 1. The third-order valence-corrected chi connectivity index (χ3v) is 5.57. The Kier molecular flexibility index (Phi) is 6.71. The highest BCUT2D eigenvalue weighted by molar-refractivity contribution is 6.46. The van der Waals surface area contributed by atoms with Crippen molar-refractivity contribution in [1.29, 1.82) is 0 Å². The Morgan fingerprint density at radius 3 is 2.53 bits per heavy atom. The summed E-state index contributed by atoms with van der Waals surface area (Å²) in [7, 11) is 4.39. The number of likely N-dealkylation sites (N-methyl/N-ethyl adjacent to an activating group) is 2. The van der Waals surface area contributed by atoms with E-state index in [-0.39, 0.29) is 18.9 Å². The van der Waals surface area contributed by atoms with Crippen molar-refractivity contribution >= 4 is 35.2 Å². The van der Waals surface area contributed by atoms with Crippen molar-refractivity contribution in [2.24, 2.45) is 4.99 Å². The molecule has 1 aromatic rings. The number of hydrogen-bond acceptors (Lipinski definition) is 6. The van der Waals surface area contributed by atoms with E-state index >= 15 is 0 Å². The van der Waals surface area contributed by atoms with E-state index in [1.165, 1.54) is 35.8 Å². The van der Waals surface area contributed by atoms with Crippen LogP contribution in [0.15, 0.2) is 29.3 Å². The first-order valence-electron chi connectivity index (χ1n) is 10.4. The molecule has 10 nitrogen and oxygen atoms in total. The van der Waals surface area contributed by atoms with Crippen LogP contribution in [0, 0.1) is 6.92 Å². The molecule has 1 aromatic carbocycles. The van der Waals surface area contributed by atoms with Crippen molar-refractivity contribution < 1.29 is 24.0 Å². The molecule has 0 aromatic heterocycles. The Morgan fingerprint density at radius 1 is 1.16 bits per heavy atom. The number of amidine groups is 1. The number of Topliss-reactive ketones (excluding diaryl/α,β-unsaturated/α-hetero) is 1. The molecular weight excluding hydrogens is 414 g/mol. The van der Waals surface area contributed by atoms with Crippen molar-refractivity contribution in [1.82, 2.24) is 20.0 Å². The Bertz CT molecular complexity index is 1000. The van der Waals surface area contributed by atoms with Crippen LogP contribution < -0.4 is 5.32 Å². The number of amides is 4. The van der Waals surface area contributed by atoms with Gasteiger partial charge in [-0.25, -0.2) is 4.99 Å². The van der Waals surface area contributed by atoms with Crippen molar-refractivity contribution in [3.05, 3.63) is 35.4 Å². The van der Waals surface area contributed by atoms with Crippen molar-refractivity contribution in [3.8, 4) is 0 Å². The van der Waals surface area contributed by atoms with Crippen LogP contribution in [0.2, 0.25) is 0 Å². The first-order valence-corrected chi connectivity index (χ1v) is 10.4. The van der Waals surface area contributed by atoms with Crippen LogP contribution in [0.1, 0.15) is 24.0 Å². The van der Waals surface area contributed by atoms with E-state index in [0.29, 0.717) is 12.8 Å². The van der Waals surface area contributed by atoms with Gasteiger partial charge in [-0.05, 0) is 25.3 Å². The highest BCUT2D eigenvalue weighted by Crippen LogP contribution is 2.23. The standard InChI is InChI=1S/C22H27N5O5/c1-13-7-5-8-14(11-13)12-23-19(29)16-17(28)20(30)27-10-6-9-15(18(27)24-16)26(4)22(32)21(31)25(2)3/h5,7-8,11,15-16H,6,9-10,12H2,1-4H3,(H,23,29). The van der Waals surface area contributed by atoms with E-state index in [2.05, 4.69) is 10.3 Å². The highest BCUT2D eigenvalue weighted by Gasteiger charge is 2.46. The number of carbonyl (C=O) groups is 5. The predicted octanol–water partition coefficient (Wildman–Crippen LogP) is -0.501. The fourth-order valence-electron chi connectivity index (χ4n) is 3.80. The number of ketones is 1. The first-order chi connectivity index (χ1) is 15.1. The first kappa shape index (κ1) is 23.1. The summed E-state index contributed by atoms with van der Waals surface area (Å²) in [6, 6.07) is 5.32. The molecule has 10 heteroatoms. The average Bonchev–Trinajstić information content (AvgIpc) is 2.77. The maximum atomic E-state index is 12.7. The van der Waals surface area contributed by atoms with Crippen molar-refractivity contribution in [2.45, 2.75) is 38.4 Å². The summed E-state index contributed by atoms with van der Waals surface area (Å²) in [6.45, 7) is 2.38. The molecule has 1 fully saturated rings. The maximum Gasteiger partial charge on any atom is 0.312 e. The zero-order valence-electron chi connectivity index (χ0n) is 18.6. The van der Waals surface area contributed by atoms with E-state index in [0.717, 1.165) is 11.1 Å². The zero-order chi connectivity index (χ0) is 23.6. The minimum atomic E-state index is -1.52. The third kappa shape index (κ3) is 4.53. The number of carbonyl (C=O) groups excluding carboxylic acids is 5. The molecule has 0 bridgehead atoms. The molecule has 0 spiro atoms. The number of nitrogens with one attached hydrogen (secondary N) is 1. The van der Waals surface area contributed by atoms with Gasteiger partial charge in [0.2, 0.25) is 0 Å². The Morgan fingerprint density at radius 2 is 1.88 bits per heavy atom. The minimum Gasteiger partial charge on any atom is -0.350 e. The number of aryl methyl sites for hydroxylation is 1. The van der Waals surface area contributed by atoms with Crippen LogP contribution in [0.25, 0.3) is 0 Å². The van der Waals surface area contributed by atoms with E-state index in [1.54, 1.807) is 0 Å². The van der Waals surface area contributed by atoms with Crippen LogP contribution in [-0.4, -0.2) is 89.7 Å². The smallest absolute Gasteiger partial charge is 0.312 e. The third-order valence-electron chi connectivity index (χ3n) is 5.57. The van der Waals surface area contributed by atoms with Crippen molar-refractivity contribution in [2.75, 3.05) is 27.7 Å². The summed E-state index contributed by atoms with van der Waals surface area (Å²) in [5.74, 6) is -3.71. The molecule has 0 aliphatic carbocycles. The van der Waals surface area contributed by atoms with Gasteiger partial charge in [0.1, 0.15) is 5.84 Å². The number of benzene rings is 1. The Labute approximate surface area is 186 Å². The highest BCUT2D eigenvalue weighted by atomic mass is 16.2. The summed E-state index contributed by atoms with van der Waals surface area (Å²) >= 11 is 0. The molecule has 2 atom stereocenters. The molecule has 1 saturated heterocycles. The molecule has 3 rings (SSSR count). The summed E-state index contributed by atoms with van der Waals surface area (Å²) in [4.78, 5) is 70.6. The lowest BCUT2D eigenvalue weighted by atomic mass is 9.98. The van der Waals surface area contributed by atoms with E-state index in [4.69, 9.17) is 0 Å². The molecule has 2 aliphatic rings. The van der Waals surface area contributed by atoms with Gasteiger partial charge >= 0.3 is 11.8 Å². The summed E-state index contributed by atoms with van der Waals surface area (Å²) in [6.07, 6.45) is 0.984.